The van der Waals surface area contributed by atoms with Crippen molar-refractivity contribution in [1.29, 1.82) is 0 Å². The fraction of sp³-hybridized carbons (Fsp3) is 0.200. The summed E-state index contributed by atoms with van der Waals surface area (Å²) in [6, 6.07) is 16.2. The summed E-state index contributed by atoms with van der Waals surface area (Å²) in [5.74, 6) is 1.42. The van der Waals surface area contributed by atoms with Gasteiger partial charge in [-0.25, -0.2) is 0 Å². The SMILES string of the molecule is CCc1c(-c2nnc(SCCc3ccccc3)o2)[nH]c2ccc(Cl)cc12. The number of nitrogens with one attached hydrogen (secondary N) is 1. The van der Waals surface area contributed by atoms with E-state index in [1.807, 2.05) is 24.3 Å². The molecule has 0 bridgehead atoms. The van der Waals surface area contributed by atoms with Crippen LogP contribution in [0.3, 0.4) is 0 Å². The van der Waals surface area contributed by atoms with E-state index in [1.54, 1.807) is 11.8 Å². The van der Waals surface area contributed by atoms with Gasteiger partial charge in [-0.15, -0.1) is 10.2 Å². The first-order valence-corrected chi connectivity index (χ1v) is 9.91. The number of thioether (sulfide) groups is 1. The van der Waals surface area contributed by atoms with Crippen molar-refractivity contribution in [3.8, 4) is 11.6 Å². The number of fused-ring (bicyclic) bond motifs is 1. The molecule has 4 nitrogen and oxygen atoms in total. The van der Waals surface area contributed by atoms with E-state index in [1.165, 1.54) is 5.56 Å². The molecule has 4 aromatic rings. The number of H-pyrrole nitrogens is 1. The number of rotatable bonds is 6. The van der Waals surface area contributed by atoms with Gasteiger partial charge in [-0.1, -0.05) is 60.6 Å². The van der Waals surface area contributed by atoms with Gasteiger partial charge in [0.2, 0.25) is 0 Å². The van der Waals surface area contributed by atoms with Gasteiger partial charge in [0, 0.05) is 21.7 Å². The van der Waals surface area contributed by atoms with Crippen LogP contribution in [0.5, 0.6) is 0 Å². The van der Waals surface area contributed by atoms with Crippen LogP contribution >= 0.6 is 23.4 Å². The third kappa shape index (κ3) is 3.50. The number of nitrogens with zero attached hydrogens (tertiary/aromatic N) is 2. The van der Waals surface area contributed by atoms with Crippen molar-refractivity contribution >= 4 is 34.3 Å². The summed E-state index contributed by atoms with van der Waals surface area (Å²) in [4.78, 5) is 3.39. The summed E-state index contributed by atoms with van der Waals surface area (Å²) >= 11 is 7.72. The number of hydrogen-bond acceptors (Lipinski definition) is 4. The standard InChI is InChI=1S/C20H18ClN3OS/c1-2-15-16-12-14(21)8-9-17(16)22-18(15)19-23-24-20(25-19)26-11-10-13-6-4-3-5-7-13/h3-9,12,22H,2,10-11H2,1H3. The molecule has 0 unspecified atom stereocenters. The number of aromatic nitrogens is 3. The van der Waals surface area contributed by atoms with E-state index in [9.17, 15) is 0 Å². The molecule has 0 aliphatic rings. The lowest BCUT2D eigenvalue weighted by Crippen LogP contribution is -1.87. The van der Waals surface area contributed by atoms with Gasteiger partial charge in [0.25, 0.3) is 11.1 Å². The van der Waals surface area contributed by atoms with Gasteiger partial charge in [0.1, 0.15) is 5.69 Å². The molecule has 0 fully saturated rings. The highest BCUT2D eigenvalue weighted by Crippen LogP contribution is 2.32. The molecular formula is C20H18ClN3OS. The Kier molecular flexibility index (Phi) is 5.00. The van der Waals surface area contributed by atoms with E-state index in [-0.39, 0.29) is 0 Å². The minimum atomic E-state index is 0.524. The zero-order valence-electron chi connectivity index (χ0n) is 14.3. The van der Waals surface area contributed by atoms with Crippen LogP contribution in [0.15, 0.2) is 58.2 Å². The van der Waals surface area contributed by atoms with Gasteiger partial charge >= 0.3 is 0 Å². The molecule has 0 radical (unpaired) electrons. The molecule has 132 valence electrons. The van der Waals surface area contributed by atoms with Crippen molar-refractivity contribution < 1.29 is 4.42 Å². The van der Waals surface area contributed by atoms with Gasteiger partial charge in [-0.2, -0.15) is 0 Å². The van der Waals surface area contributed by atoms with Crippen molar-refractivity contribution in [3.05, 3.63) is 64.7 Å². The van der Waals surface area contributed by atoms with E-state index < -0.39 is 0 Å². The normalized spacial score (nSPS) is 11.3. The van der Waals surface area contributed by atoms with E-state index in [0.29, 0.717) is 11.1 Å². The molecule has 0 amide bonds. The van der Waals surface area contributed by atoms with Crippen LogP contribution in [0, 0.1) is 0 Å². The minimum absolute atomic E-state index is 0.524. The Labute approximate surface area is 161 Å². The molecule has 2 heterocycles. The molecule has 0 saturated carbocycles. The zero-order valence-corrected chi connectivity index (χ0v) is 15.9. The molecule has 2 aromatic heterocycles. The summed E-state index contributed by atoms with van der Waals surface area (Å²) in [5.41, 5.74) is 4.36. The van der Waals surface area contributed by atoms with Gasteiger partial charge < -0.3 is 9.40 Å². The third-order valence-corrected chi connectivity index (χ3v) is 5.36. The lowest BCUT2D eigenvalue weighted by Gasteiger charge is -1.98. The molecule has 1 N–H and O–H groups in total. The largest absolute Gasteiger partial charge is 0.410 e. The Bertz CT molecular complexity index is 1030. The lowest BCUT2D eigenvalue weighted by molar-refractivity contribution is 0.464. The summed E-state index contributed by atoms with van der Waals surface area (Å²) in [6.45, 7) is 2.11. The number of aromatic amines is 1. The Morgan fingerprint density at radius 3 is 2.77 bits per heavy atom. The predicted molar refractivity (Wildman–Crippen MR) is 107 cm³/mol. The van der Waals surface area contributed by atoms with Crippen molar-refractivity contribution in [2.75, 3.05) is 5.75 Å². The topological polar surface area (TPSA) is 54.7 Å². The van der Waals surface area contributed by atoms with Crippen LogP contribution in [0.1, 0.15) is 18.1 Å². The first kappa shape index (κ1) is 17.2. The summed E-state index contributed by atoms with van der Waals surface area (Å²) in [7, 11) is 0. The highest BCUT2D eigenvalue weighted by molar-refractivity contribution is 7.99. The summed E-state index contributed by atoms with van der Waals surface area (Å²) in [6.07, 6.45) is 1.82. The number of benzene rings is 2. The van der Waals surface area contributed by atoms with E-state index in [0.717, 1.165) is 45.8 Å². The molecule has 0 atom stereocenters. The zero-order chi connectivity index (χ0) is 17.9. The number of aryl methyl sites for hydroxylation is 2. The van der Waals surface area contributed by atoms with Gasteiger partial charge in [-0.3, -0.25) is 0 Å². The molecule has 0 saturated heterocycles. The molecule has 0 aliphatic heterocycles. The Morgan fingerprint density at radius 1 is 1.12 bits per heavy atom. The lowest BCUT2D eigenvalue weighted by atomic mass is 10.1. The maximum atomic E-state index is 6.15. The maximum absolute atomic E-state index is 6.15. The van der Waals surface area contributed by atoms with Crippen LogP contribution in [-0.2, 0) is 12.8 Å². The second kappa shape index (κ2) is 7.56. The Morgan fingerprint density at radius 2 is 1.96 bits per heavy atom. The molecular weight excluding hydrogens is 366 g/mol. The van der Waals surface area contributed by atoms with E-state index >= 15 is 0 Å². The molecule has 26 heavy (non-hydrogen) atoms. The molecule has 6 heteroatoms. The van der Waals surface area contributed by atoms with Crippen LogP contribution in [0.25, 0.3) is 22.5 Å². The minimum Gasteiger partial charge on any atom is -0.410 e. The van der Waals surface area contributed by atoms with Gasteiger partial charge in [0.05, 0.1) is 0 Å². The quantitative estimate of drug-likeness (QED) is 0.429. The first-order valence-electron chi connectivity index (χ1n) is 8.55. The smallest absolute Gasteiger partial charge is 0.276 e. The van der Waals surface area contributed by atoms with E-state index in [4.69, 9.17) is 16.0 Å². The molecule has 0 aliphatic carbocycles. The van der Waals surface area contributed by atoms with E-state index in [2.05, 4.69) is 46.4 Å². The van der Waals surface area contributed by atoms with Crippen molar-refractivity contribution in [2.45, 2.75) is 25.0 Å². The van der Waals surface area contributed by atoms with Crippen LogP contribution < -0.4 is 0 Å². The second-order valence-corrected chi connectivity index (χ2v) is 7.46. The second-order valence-electron chi connectivity index (χ2n) is 5.98. The molecule has 0 spiro atoms. The third-order valence-electron chi connectivity index (χ3n) is 4.30. The number of halogens is 1. The van der Waals surface area contributed by atoms with Crippen molar-refractivity contribution in [2.24, 2.45) is 0 Å². The summed E-state index contributed by atoms with van der Waals surface area (Å²) in [5, 5.41) is 10.8. The number of hydrogen-bond donors (Lipinski definition) is 1. The fourth-order valence-electron chi connectivity index (χ4n) is 3.04. The molecule has 2 aromatic carbocycles. The van der Waals surface area contributed by atoms with Crippen molar-refractivity contribution in [3.63, 3.8) is 0 Å². The van der Waals surface area contributed by atoms with Crippen LogP contribution in [0.4, 0.5) is 0 Å². The highest BCUT2D eigenvalue weighted by atomic mass is 35.5. The van der Waals surface area contributed by atoms with Crippen molar-refractivity contribution in [1.82, 2.24) is 15.2 Å². The van der Waals surface area contributed by atoms with Gasteiger partial charge in [0.15, 0.2) is 0 Å². The highest BCUT2D eigenvalue weighted by Gasteiger charge is 2.17. The van der Waals surface area contributed by atoms with Gasteiger partial charge in [-0.05, 0) is 42.2 Å². The average molecular weight is 384 g/mol. The fourth-order valence-corrected chi connectivity index (χ4v) is 3.96. The maximum Gasteiger partial charge on any atom is 0.276 e. The average Bonchev–Trinajstić information content (AvgIpc) is 3.26. The monoisotopic (exact) mass is 383 g/mol. The Balaban J connectivity index is 1.53. The van der Waals surface area contributed by atoms with Crippen LogP contribution in [-0.4, -0.2) is 20.9 Å². The first-order chi connectivity index (χ1) is 12.7. The predicted octanol–water partition coefficient (Wildman–Crippen LogP) is 5.77. The Hall–Kier alpha value is -2.24. The van der Waals surface area contributed by atoms with Crippen LogP contribution in [0.2, 0.25) is 5.02 Å². The summed E-state index contributed by atoms with van der Waals surface area (Å²) < 4.78 is 5.89. The molecule has 4 rings (SSSR count).